The second kappa shape index (κ2) is 71.3. The van der Waals surface area contributed by atoms with Crippen LogP contribution in [0.15, 0.2) is 146 Å². The predicted molar refractivity (Wildman–Crippen MR) is 399 cm³/mol. The molecule has 0 fully saturated rings. The number of phosphoric acid groups is 2. The third kappa shape index (κ3) is 72.5. The molecule has 5 unspecified atom stereocenters. The van der Waals surface area contributed by atoms with E-state index in [-0.39, 0.29) is 19.3 Å². The topological polar surface area (TPSA) is 231 Å². The number of aliphatic hydroxyl groups is 2. The molecule has 0 aliphatic carbocycles. The van der Waals surface area contributed by atoms with Crippen LogP contribution in [0, 0.1) is 0 Å². The molecule has 554 valence electrons. The Morgan fingerprint density at radius 2 is 0.546 bits per heavy atom. The summed E-state index contributed by atoms with van der Waals surface area (Å²) in [6, 6.07) is 0. The van der Waals surface area contributed by atoms with Gasteiger partial charge in [-0.2, -0.15) is 0 Å². The van der Waals surface area contributed by atoms with E-state index in [1.54, 1.807) is 0 Å². The van der Waals surface area contributed by atoms with E-state index in [9.17, 15) is 43.5 Å². The molecule has 0 rings (SSSR count). The summed E-state index contributed by atoms with van der Waals surface area (Å²) in [5.74, 6) is -1.64. The van der Waals surface area contributed by atoms with Crippen molar-refractivity contribution in [1.29, 1.82) is 0 Å². The first-order valence-corrected chi connectivity index (χ1v) is 40.1. The largest absolute Gasteiger partial charge is 0.472 e. The van der Waals surface area contributed by atoms with Crippen molar-refractivity contribution in [2.45, 2.75) is 296 Å². The Labute approximate surface area is 587 Å². The third-order valence-electron chi connectivity index (χ3n) is 15.0. The van der Waals surface area contributed by atoms with Gasteiger partial charge in [0.05, 0.1) is 26.4 Å². The van der Waals surface area contributed by atoms with Gasteiger partial charge in [-0.05, 0) is 148 Å². The molecule has 0 heterocycles. The molecule has 0 aromatic rings. The van der Waals surface area contributed by atoms with E-state index in [1.807, 2.05) is 0 Å². The summed E-state index contributed by atoms with van der Waals surface area (Å²) in [6.07, 6.45) is 85.9. The zero-order chi connectivity index (χ0) is 70.9. The second-order valence-corrected chi connectivity index (χ2v) is 27.3. The van der Waals surface area contributed by atoms with Gasteiger partial charge in [0.25, 0.3) is 0 Å². The molecule has 16 nitrogen and oxygen atoms in total. The molecule has 18 heteroatoms. The molecule has 0 saturated heterocycles. The number of aliphatic hydroxyl groups excluding tert-OH is 2. The minimum absolute atomic E-state index is 0.0771. The molecule has 0 bridgehead atoms. The molecule has 0 spiro atoms. The lowest BCUT2D eigenvalue weighted by Gasteiger charge is -2.21. The maximum atomic E-state index is 13.0. The Morgan fingerprint density at radius 1 is 0.299 bits per heavy atom. The van der Waals surface area contributed by atoms with E-state index in [0.29, 0.717) is 19.3 Å². The third-order valence-corrected chi connectivity index (χ3v) is 16.9. The molecule has 97 heavy (non-hydrogen) atoms. The minimum Gasteiger partial charge on any atom is -0.463 e. The Morgan fingerprint density at radius 3 is 0.876 bits per heavy atom. The highest BCUT2D eigenvalue weighted by molar-refractivity contribution is 7.47. The molecule has 5 atom stereocenters. The van der Waals surface area contributed by atoms with Gasteiger partial charge < -0.3 is 34.2 Å². The summed E-state index contributed by atoms with van der Waals surface area (Å²) < 4.78 is 61.0. The first-order chi connectivity index (χ1) is 47.2. The van der Waals surface area contributed by atoms with Gasteiger partial charge in [0.15, 0.2) is 6.10 Å². The van der Waals surface area contributed by atoms with Crippen LogP contribution < -0.4 is 0 Å². The molecule has 0 radical (unpaired) electrons. The van der Waals surface area contributed by atoms with Crippen LogP contribution >= 0.6 is 15.6 Å². The monoisotopic (exact) mass is 1400 g/mol. The highest BCUT2D eigenvalue weighted by Gasteiger charge is 2.29. The van der Waals surface area contributed by atoms with Crippen molar-refractivity contribution in [3.8, 4) is 0 Å². The highest BCUT2D eigenvalue weighted by Crippen LogP contribution is 2.45. The molecule has 0 aromatic heterocycles. The first-order valence-electron chi connectivity index (χ1n) is 37.1. The van der Waals surface area contributed by atoms with Crippen LogP contribution in [-0.4, -0.2) is 95.9 Å². The molecule has 4 N–H and O–H groups in total. The molecule has 0 amide bonds. The van der Waals surface area contributed by atoms with Crippen molar-refractivity contribution in [1.82, 2.24) is 0 Å². The molecular weight excluding hydrogens is 1270 g/mol. The number of hydrogen-bond donors (Lipinski definition) is 4. The van der Waals surface area contributed by atoms with Crippen molar-refractivity contribution >= 4 is 33.6 Å². The Hall–Kier alpha value is -4.57. The fourth-order valence-electron chi connectivity index (χ4n) is 9.35. The van der Waals surface area contributed by atoms with Crippen molar-refractivity contribution in [2.24, 2.45) is 0 Å². The van der Waals surface area contributed by atoms with Gasteiger partial charge in [0.2, 0.25) is 0 Å². The summed E-state index contributed by atoms with van der Waals surface area (Å²) in [7, 11) is -9.81. The van der Waals surface area contributed by atoms with Gasteiger partial charge in [-0.1, -0.05) is 256 Å². The van der Waals surface area contributed by atoms with Gasteiger partial charge >= 0.3 is 33.6 Å². The SMILES string of the molecule is CC/C=C\C/C=C\C/C=C\C/C=C\C/C=C\CCCCCC(=O)OCC(COP(=O)(O)OCC(O)COP(=O)(O)OCC(O)COC(=O)CCCCCCCCC/C=C\C/C=C\C/C=C\C/C=C\CCCCC)OC(=O)CCCCCCCC/C=C\C/C=C\C/C=C\CCCCC. The molecule has 0 aliphatic rings. The van der Waals surface area contributed by atoms with Crippen molar-refractivity contribution in [3.63, 3.8) is 0 Å². The van der Waals surface area contributed by atoms with E-state index in [2.05, 4.69) is 167 Å². The lowest BCUT2D eigenvalue weighted by atomic mass is 10.1. The van der Waals surface area contributed by atoms with Gasteiger partial charge in [-0.3, -0.25) is 32.5 Å². The standard InChI is InChI=1S/C79H132O16P2/c1-4-7-10-13-16-19-22-25-28-31-34-35-36-37-40-42-44-47-50-53-56-59-62-65-77(82)89-68-74(80)69-91-96(85,86)92-70-75(81)71-93-97(87,88)94-73-76(95-79(84)67-64-61-58-55-52-49-46-43-39-33-30-27-24-21-18-15-12-9-6-3)72-90-78(83)66-63-60-57-54-51-48-45-41-38-32-29-26-23-20-17-14-11-8-5-2/h8,11,16-21,25-30,34-35,37-41,43,48,51,74-76,80-81H,4-7,9-10,12-15,22-24,31-33,36,42,44-47,49-50,52-73H2,1-3H3,(H,85,86)(H,87,88)/b11-8-,19-16-,20-17-,21-18-,28-25-,29-26-,30-27-,35-34-,40-37-,41-38-,43-39-,51-48-. The molecule has 0 aromatic carbocycles. The van der Waals surface area contributed by atoms with Crippen molar-refractivity contribution < 1.29 is 75.8 Å². The van der Waals surface area contributed by atoms with Crippen LogP contribution in [-0.2, 0) is 55.8 Å². The summed E-state index contributed by atoms with van der Waals surface area (Å²) in [5, 5.41) is 20.6. The zero-order valence-electron chi connectivity index (χ0n) is 60.2. The van der Waals surface area contributed by atoms with E-state index < -0.39 is 91.5 Å². The lowest BCUT2D eigenvalue weighted by molar-refractivity contribution is -0.161. The first kappa shape index (κ1) is 92.4. The van der Waals surface area contributed by atoms with Gasteiger partial charge in [-0.15, -0.1) is 0 Å². The zero-order valence-corrected chi connectivity index (χ0v) is 62.0. The van der Waals surface area contributed by atoms with E-state index in [0.717, 1.165) is 173 Å². The van der Waals surface area contributed by atoms with Crippen LogP contribution in [0.3, 0.4) is 0 Å². The predicted octanol–water partition coefficient (Wildman–Crippen LogP) is 21.3. The van der Waals surface area contributed by atoms with Crippen LogP contribution in [0.25, 0.3) is 0 Å². The van der Waals surface area contributed by atoms with Crippen LogP contribution in [0.1, 0.15) is 278 Å². The van der Waals surface area contributed by atoms with Gasteiger partial charge in [0.1, 0.15) is 25.4 Å². The normalized spacial score (nSPS) is 14.9. The summed E-state index contributed by atoms with van der Waals surface area (Å²) in [4.78, 5) is 58.6. The van der Waals surface area contributed by atoms with Crippen molar-refractivity contribution in [2.75, 3.05) is 39.6 Å². The number of rotatable bonds is 69. The quantitative estimate of drug-likeness (QED) is 0.0146. The van der Waals surface area contributed by atoms with Crippen LogP contribution in [0.4, 0.5) is 0 Å². The highest BCUT2D eigenvalue weighted by atomic mass is 31.2. The number of unbranched alkanes of at least 4 members (excludes halogenated alkanes) is 22. The summed E-state index contributed by atoms with van der Waals surface area (Å²) in [6.45, 7) is 2.43. The minimum atomic E-state index is -4.95. The van der Waals surface area contributed by atoms with Crippen molar-refractivity contribution in [3.05, 3.63) is 146 Å². The molecule has 0 aliphatic heterocycles. The average Bonchev–Trinajstić information content (AvgIpc) is 1.62. The van der Waals surface area contributed by atoms with Gasteiger partial charge in [0, 0.05) is 19.3 Å². The fraction of sp³-hybridized carbons (Fsp3) is 0.658. The fourth-order valence-corrected chi connectivity index (χ4v) is 10.9. The smallest absolute Gasteiger partial charge is 0.463 e. The summed E-state index contributed by atoms with van der Waals surface area (Å²) in [5.41, 5.74) is 0. The van der Waals surface area contributed by atoms with E-state index in [1.165, 1.54) is 44.9 Å². The van der Waals surface area contributed by atoms with E-state index in [4.69, 9.17) is 32.3 Å². The van der Waals surface area contributed by atoms with Crippen LogP contribution in [0.2, 0.25) is 0 Å². The number of phosphoric ester groups is 2. The number of hydrogen-bond acceptors (Lipinski definition) is 14. The van der Waals surface area contributed by atoms with Crippen LogP contribution in [0.5, 0.6) is 0 Å². The maximum absolute atomic E-state index is 13.0. The molecular formula is C79H132O16P2. The number of allylic oxidation sites excluding steroid dienone is 24. The number of ether oxygens (including phenoxy) is 3. The number of carbonyl (C=O) groups excluding carboxylic acids is 3. The second-order valence-electron chi connectivity index (χ2n) is 24.4. The van der Waals surface area contributed by atoms with E-state index >= 15 is 0 Å². The lowest BCUT2D eigenvalue weighted by Crippen LogP contribution is -2.30. The Bertz CT molecular complexity index is 2350. The maximum Gasteiger partial charge on any atom is 0.472 e. The molecule has 0 saturated carbocycles. The average molecular weight is 1400 g/mol. The summed E-state index contributed by atoms with van der Waals surface area (Å²) >= 11 is 0. The number of carbonyl (C=O) groups is 3. The number of esters is 3. The van der Waals surface area contributed by atoms with Gasteiger partial charge in [-0.25, -0.2) is 9.13 Å². The Kier molecular flexibility index (Phi) is 67.9. The Balaban J connectivity index is 4.74.